The summed E-state index contributed by atoms with van der Waals surface area (Å²) in [5.41, 5.74) is 1.92. The normalized spacial score (nSPS) is 30.8. The van der Waals surface area contributed by atoms with Crippen LogP contribution in [0.4, 0.5) is 13.6 Å². The number of hydrogen-bond acceptors (Lipinski definition) is 4. The standard InChI is InChI=1S/C25H26F2N2O3/c1-31-22-5-3-2-4-20(22)16-6-7-18(28-14-16)8-9-21-19-10-11-25(26,27)13-17(19)12-24(21)15-29-23(30)32-24/h2-9,14,17,19,21H,10-13,15H2,1H3,(H,29,30)/b9-8+. The van der Waals surface area contributed by atoms with Gasteiger partial charge in [-0.1, -0.05) is 30.3 Å². The monoisotopic (exact) mass is 440 g/mol. The molecule has 4 atom stereocenters. The molecule has 1 N–H and O–H groups in total. The van der Waals surface area contributed by atoms with Gasteiger partial charge >= 0.3 is 6.09 Å². The van der Waals surface area contributed by atoms with Crippen molar-refractivity contribution in [1.82, 2.24) is 10.3 Å². The Morgan fingerprint density at radius 3 is 2.78 bits per heavy atom. The van der Waals surface area contributed by atoms with Crippen molar-refractivity contribution in [1.29, 1.82) is 0 Å². The summed E-state index contributed by atoms with van der Waals surface area (Å²) in [5.74, 6) is -2.04. The number of carbonyl (C=O) groups excluding carboxylic acids is 1. The first-order chi connectivity index (χ1) is 15.4. The molecule has 2 aliphatic carbocycles. The highest BCUT2D eigenvalue weighted by Gasteiger charge is 2.60. The molecule has 1 aromatic heterocycles. The van der Waals surface area contributed by atoms with Gasteiger partial charge in [-0.15, -0.1) is 0 Å². The van der Waals surface area contributed by atoms with E-state index in [0.29, 0.717) is 19.4 Å². The molecule has 1 amide bonds. The van der Waals surface area contributed by atoms with Crippen LogP contribution in [0.3, 0.4) is 0 Å². The third-order valence-electron chi connectivity index (χ3n) is 7.19. The van der Waals surface area contributed by atoms with Crippen molar-refractivity contribution in [2.24, 2.45) is 17.8 Å². The van der Waals surface area contributed by atoms with E-state index in [9.17, 15) is 13.6 Å². The molecule has 3 fully saturated rings. The van der Waals surface area contributed by atoms with Gasteiger partial charge in [-0.3, -0.25) is 4.98 Å². The minimum Gasteiger partial charge on any atom is -0.496 e. The van der Waals surface area contributed by atoms with E-state index in [4.69, 9.17) is 9.47 Å². The van der Waals surface area contributed by atoms with Gasteiger partial charge in [0.2, 0.25) is 5.92 Å². The second-order valence-corrected chi connectivity index (χ2v) is 9.09. The van der Waals surface area contributed by atoms with Gasteiger partial charge in [0.05, 0.1) is 19.3 Å². The molecule has 168 valence electrons. The summed E-state index contributed by atoms with van der Waals surface area (Å²) in [5, 5.41) is 2.74. The third-order valence-corrected chi connectivity index (χ3v) is 7.19. The Hall–Kier alpha value is -2.96. The van der Waals surface area contributed by atoms with E-state index in [2.05, 4.69) is 10.3 Å². The Morgan fingerprint density at radius 2 is 2.06 bits per heavy atom. The molecule has 1 saturated heterocycles. The van der Waals surface area contributed by atoms with Gasteiger partial charge in [0, 0.05) is 36.1 Å². The number of benzene rings is 1. The molecule has 2 saturated carbocycles. The van der Waals surface area contributed by atoms with Crippen LogP contribution >= 0.6 is 0 Å². The molecule has 2 heterocycles. The van der Waals surface area contributed by atoms with Crippen molar-refractivity contribution in [3.63, 3.8) is 0 Å². The third kappa shape index (κ3) is 3.74. The number of aromatic nitrogens is 1. The van der Waals surface area contributed by atoms with E-state index in [0.717, 1.165) is 22.6 Å². The summed E-state index contributed by atoms with van der Waals surface area (Å²) in [6.45, 7) is 0.361. The van der Waals surface area contributed by atoms with E-state index in [1.54, 1.807) is 13.3 Å². The minimum atomic E-state index is -2.63. The van der Waals surface area contributed by atoms with E-state index < -0.39 is 17.6 Å². The number of methoxy groups -OCH3 is 1. The van der Waals surface area contributed by atoms with Crippen LogP contribution in [0.5, 0.6) is 5.75 Å². The SMILES string of the molecule is COc1ccccc1-c1ccc(/C=C/C2C3CCC(F)(F)CC3CC23CNC(=O)O3)nc1. The second kappa shape index (κ2) is 7.87. The molecular formula is C25H26F2N2O3. The van der Waals surface area contributed by atoms with Crippen LogP contribution in [0, 0.1) is 17.8 Å². The zero-order chi connectivity index (χ0) is 22.3. The fourth-order valence-corrected chi connectivity index (χ4v) is 5.76. The molecule has 32 heavy (non-hydrogen) atoms. The maximum absolute atomic E-state index is 14.0. The lowest BCUT2D eigenvalue weighted by Gasteiger charge is -2.34. The van der Waals surface area contributed by atoms with E-state index in [1.165, 1.54) is 0 Å². The first-order valence-electron chi connectivity index (χ1n) is 11.0. The maximum Gasteiger partial charge on any atom is 0.407 e. The highest BCUT2D eigenvalue weighted by molar-refractivity contribution is 5.71. The summed E-state index contributed by atoms with van der Waals surface area (Å²) < 4.78 is 39.2. The molecule has 4 unspecified atom stereocenters. The van der Waals surface area contributed by atoms with Crippen molar-refractivity contribution in [2.45, 2.75) is 37.2 Å². The summed E-state index contributed by atoms with van der Waals surface area (Å²) >= 11 is 0. The molecule has 0 radical (unpaired) electrons. The number of nitrogens with zero attached hydrogens (tertiary/aromatic N) is 1. The zero-order valence-electron chi connectivity index (χ0n) is 17.9. The lowest BCUT2D eigenvalue weighted by atomic mass is 9.75. The molecule has 0 bridgehead atoms. The highest BCUT2D eigenvalue weighted by Crippen LogP contribution is 2.56. The number of pyridine rings is 1. The van der Waals surface area contributed by atoms with Crippen molar-refractivity contribution >= 4 is 12.2 Å². The van der Waals surface area contributed by atoms with Gasteiger partial charge in [0.15, 0.2) is 0 Å². The summed E-state index contributed by atoms with van der Waals surface area (Å²) in [7, 11) is 1.64. The number of para-hydroxylation sites is 1. The Kier molecular flexibility index (Phi) is 5.14. The minimum absolute atomic E-state index is 0.0754. The molecule has 7 heteroatoms. The largest absolute Gasteiger partial charge is 0.496 e. The predicted molar refractivity (Wildman–Crippen MR) is 116 cm³/mol. The maximum atomic E-state index is 14.0. The molecule has 1 spiro atoms. The number of nitrogens with one attached hydrogen (secondary N) is 1. The summed E-state index contributed by atoms with van der Waals surface area (Å²) in [4.78, 5) is 16.4. The molecule has 1 aromatic carbocycles. The molecule has 5 nitrogen and oxygen atoms in total. The molecule has 5 rings (SSSR count). The number of rotatable bonds is 4. The van der Waals surface area contributed by atoms with Crippen molar-refractivity contribution < 1.29 is 23.0 Å². The number of alkyl carbamates (subject to hydrolysis) is 1. The number of halogens is 2. The molecular weight excluding hydrogens is 414 g/mol. The van der Waals surface area contributed by atoms with Crippen LogP contribution in [0.2, 0.25) is 0 Å². The van der Waals surface area contributed by atoms with Crippen molar-refractivity contribution in [3.8, 4) is 16.9 Å². The lowest BCUT2D eigenvalue weighted by Crippen LogP contribution is -2.38. The first-order valence-corrected chi connectivity index (χ1v) is 11.0. The van der Waals surface area contributed by atoms with Crippen LogP contribution in [-0.2, 0) is 4.74 Å². The van der Waals surface area contributed by atoms with Gasteiger partial charge in [0.25, 0.3) is 0 Å². The number of fused-ring (bicyclic) bond motifs is 1. The average Bonchev–Trinajstić information content (AvgIpc) is 3.29. The van der Waals surface area contributed by atoms with Gasteiger partial charge in [0.1, 0.15) is 11.4 Å². The van der Waals surface area contributed by atoms with E-state index >= 15 is 0 Å². The van der Waals surface area contributed by atoms with Gasteiger partial charge in [-0.05, 0) is 42.9 Å². The quantitative estimate of drug-likeness (QED) is 0.699. The van der Waals surface area contributed by atoms with Crippen molar-refractivity contribution in [3.05, 3.63) is 54.4 Å². The topological polar surface area (TPSA) is 60.5 Å². The fourth-order valence-electron chi connectivity index (χ4n) is 5.76. The highest BCUT2D eigenvalue weighted by atomic mass is 19.3. The van der Waals surface area contributed by atoms with Crippen LogP contribution in [0.1, 0.15) is 31.4 Å². The second-order valence-electron chi connectivity index (χ2n) is 9.09. The Bertz CT molecular complexity index is 1040. The molecule has 1 aliphatic heterocycles. The summed E-state index contributed by atoms with van der Waals surface area (Å²) in [6.07, 6.45) is 5.93. The first kappa shape index (κ1) is 20.9. The van der Waals surface area contributed by atoms with Crippen LogP contribution < -0.4 is 10.1 Å². The van der Waals surface area contributed by atoms with Crippen LogP contribution in [0.15, 0.2) is 48.7 Å². The fraction of sp³-hybridized carbons (Fsp3) is 0.440. The average molecular weight is 440 g/mol. The van der Waals surface area contributed by atoms with Gasteiger partial charge < -0.3 is 14.8 Å². The Labute approximate surface area is 185 Å². The van der Waals surface area contributed by atoms with Gasteiger partial charge in [-0.25, -0.2) is 13.6 Å². The smallest absolute Gasteiger partial charge is 0.407 e. The molecule has 3 aliphatic rings. The number of hydrogen-bond donors (Lipinski definition) is 1. The number of ether oxygens (including phenoxy) is 2. The van der Waals surface area contributed by atoms with Crippen LogP contribution in [0.25, 0.3) is 17.2 Å². The number of alkyl halides is 2. The van der Waals surface area contributed by atoms with Gasteiger partial charge in [-0.2, -0.15) is 0 Å². The summed E-state index contributed by atoms with van der Waals surface area (Å²) in [6, 6.07) is 11.7. The predicted octanol–water partition coefficient (Wildman–Crippen LogP) is 5.32. The zero-order valence-corrected chi connectivity index (χ0v) is 17.9. The number of carbonyl (C=O) groups is 1. The van der Waals surface area contributed by atoms with Crippen molar-refractivity contribution in [2.75, 3.05) is 13.7 Å². The van der Waals surface area contributed by atoms with E-state index in [1.807, 2.05) is 48.6 Å². The van der Waals surface area contributed by atoms with Crippen LogP contribution in [-0.4, -0.2) is 36.3 Å². The number of amides is 1. The Balaban J connectivity index is 1.39. The molecule has 2 aromatic rings. The lowest BCUT2D eigenvalue weighted by molar-refractivity contribution is -0.0659. The van der Waals surface area contributed by atoms with E-state index in [-0.39, 0.29) is 30.6 Å². The Morgan fingerprint density at radius 1 is 1.22 bits per heavy atom.